The van der Waals surface area contributed by atoms with Crippen LogP contribution in [0.3, 0.4) is 0 Å². The fourth-order valence-electron chi connectivity index (χ4n) is 3.44. The molecule has 7 heteroatoms. The molecule has 0 aliphatic carbocycles. The third-order valence-electron chi connectivity index (χ3n) is 4.79. The van der Waals surface area contributed by atoms with Crippen LogP contribution in [-0.2, 0) is 11.3 Å². The number of nitrogens with zero attached hydrogens (tertiary/aromatic N) is 3. The number of allylic oxidation sites excluding steroid dienone is 2. The Morgan fingerprint density at radius 2 is 2.19 bits per heavy atom. The van der Waals surface area contributed by atoms with Crippen molar-refractivity contribution in [2.75, 3.05) is 25.5 Å². The molecule has 2 aromatic rings. The number of carbonyl (C=O) groups excluding carboxylic acids is 2. The van der Waals surface area contributed by atoms with Crippen LogP contribution >= 0.6 is 22.9 Å². The molecule has 3 heterocycles. The molecule has 1 unspecified atom stereocenters. The van der Waals surface area contributed by atoms with Crippen LogP contribution < -0.4 is 0 Å². The number of rotatable bonds is 5. The largest absolute Gasteiger partial charge is 0.336 e. The van der Waals surface area contributed by atoms with Crippen LogP contribution in [0.5, 0.6) is 0 Å². The van der Waals surface area contributed by atoms with Crippen molar-refractivity contribution < 1.29 is 9.59 Å². The molecule has 0 bridgehead atoms. The highest BCUT2D eigenvalue weighted by molar-refractivity contribution is 7.16. The number of alkyl halides is 1. The van der Waals surface area contributed by atoms with E-state index in [9.17, 15) is 9.59 Å². The van der Waals surface area contributed by atoms with E-state index in [1.54, 1.807) is 11.3 Å². The summed E-state index contributed by atoms with van der Waals surface area (Å²) in [7, 11) is 0. The fraction of sp³-hybridized carbons (Fsp3) is 0.474. The van der Waals surface area contributed by atoms with Crippen molar-refractivity contribution in [1.82, 2.24) is 14.4 Å². The molecule has 0 radical (unpaired) electrons. The summed E-state index contributed by atoms with van der Waals surface area (Å²) in [4.78, 5) is 30.1. The number of hydrogen-bond acceptors (Lipinski definition) is 3. The van der Waals surface area contributed by atoms with Gasteiger partial charge in [0, 0.05) is 49.9 Å². The Kier molecular flexibility index (Phi) is 6.04. The lowest BCUT2D eigenvalue weighted by atomic mass is 10.1. The lowest BCUT2D eigenvalue weighted by Gasteiger charge is -2.40. The Morgan fingerprint density at radius 3 is 2.88 bits per heavy atom. The van der Waals surface area contributed by atoms with Gasteiger partial charge in [0.05, 0.1) is 0 Å². The predicted molar refractivity (Wildman–Crippen MR) is 107 cm³/mol. The highest BCUT2D eigenvalue weighted by Gasteiger charge is 2.31. The summed E-state index contributed by atoms with van der Waals surface area (Å²) in [5.74, 6) is 0.436. The normalized spacial score (nSPS) is 18.2. The average Bonchev–Trinajstić information content (AvgIpc) is 3.20. The molecule has 2 aromatic heterocycles. The first kappa shape index (κ1) is 19.0. The molecule has 3 rings (SSSR count). The van der Waals surface area contributed by atoms with E-state index in [0.29, 0.717) is 38.5 Å². The molecule has 0 saturated carbocycles. The van der Waals surface area contributed by atoms with Gasteiger partial charge in [-0.3, -0.25) is 9.59 Å². The molecule has 1 aliphatic rings. The van der Waals surface area contributed by atoms with Crippen LogP contribution in [0.25, 0.3) is 10.2 Å². The van der Waals surface area contributed by atoms with Crippen molar-refractivity contribution in [3.63, 3.8) is 0 Å². The highest BCUT2D eigenvalue weighted by atomic mass is 35.5. The van der Waals surface area contributed by atoms with Gasteiger partial charge in [-0.15, -0.1) is 22.9 Å². The summed E-state index contributed by atoms with van der Waals surface area (Å²) in [6, 6.07) is 4.03. The first-order valence-corrected chi connectivity index (χ1v) is 10.3. The summed E-state index contributed by atoms with van der Waals surface area (Å²) < 4.78 is 2.08. The van der Waals surface area contributed by atoms with Crippen LogP contribution in [-0.4, -0.2) is 57.7 Å². The first-order chi connectivity index (χ1) is 12.6. The second kappa shape index (κ2) is 8.27. The maximum absolute atomic E-state index is 13.2. The van der Waals surface area contributed by atoms with Gasteiger partial charge >= 0.3 is 0 Å². The standard InChI is InChI=1S/C19H24ClN3O2S/c1-3-4-8-23-16(12-15-6-11-26-19(15)23)18(25)21-9-10-22(14(2)13-21)17(24)5-7-20/h3-4,6,11-12,14H,5,7-10,13H2,1-2H3/b4-3-. The lowest BCUT2D eigenvalue weighted by Crippen LogP contribution is -2.55. The lowest BCUT2D eigenvalue weighted by molar-refractivity contribution is -0.134. The van der Waals surface area contributed by atoms with Gasteiger partial charge in [0.2, 0.25) is 5.91 Å². The van der Waals surface area contributed by atoms with Crippen molar-refractivity contribution in [2.45, 2.75) is 32.9 Å². The molecular formula is C19H24ClN3O2S. The van der Waals surface area contributed by atoms with Crippen LogP contribution in [0.1, 0.15) is 30.8 Å². The molecule has 0 N–H and O–H groups in total. The van der Waals surface area contributed by atoms with E-state index in [-0.39, 0.29) is 17.9 Å². The maximum atomic E-state index is 13.2. The van der Waals surface area contributed by atoms with Gasteiger partial charge < -0.3 is 14.4 Å². The minimum Gasteiger partial charge on any atom is -0.336 e. The summed E-state index contributed by atoms with van der Waals surface area (Å²) in [5.41, 5.74) is 0.720. The number of aromatic nitrogens is 1. The van der Waals surface area contributed by atoms with Gasteiger partial charge in [0.1, 0.15) is 10.5 Å². The molecule has 2 amide bonds. The fourth-order valence-corrected chi connectivity index (χ4v) is 4.51. The predicted octanol–water partition coefficient (Wildman–Crippen LogP) is 3.58. The summed E-state index contributed by atoms with van der Waals surface area (Å²) in [5, 5.41) is 3.15. The molecule has 26 heavy (non-hydrogen) atoms. The van der Waals surface area contributed by atoms with Crippen LogP contribution in [0.15, 0.2) is 29.7 Å². The Labute approximate surface area is 162 Å². The van der Waals surface area contributed by atoms with E-state index in [0.717, 1.165) is 15.9 Å². The van der Waals surface area contributed by atoms with Crippen molar-refractivity contribution in [2.24, 2.45) is 0 Å². The zero-order chi connectivity index (χ0) is 18.7. The summed E-state index contributed by atoms with van der Waals surface area (Å²) in [6.45, 7) is 6.32. The summed E-state index contributed by atoms with van der Waals surface area (Å²) in [6.07, 6.45) is 4.40. The Balaban J connectivity index is 1.79. The molecule has 0 spiro atoms. The van der Waals surface area contributed by atoms with Crippen molar-refractivity contribution in [1.29, 1.82) is 0 Å². The van der Waals surface area contributed by atoms with E-state index in [1.165, 1.54) is 0 Å². The van der Waals surface area contributed by atoms with Crippen LogP contribution in [0.4, 0.5) is 0 Å². The van der Waals surface area contributed by atoms with Crippen molar-refractivity contribution in [3.8, 4) is 0 Å². The van der Waals surface area contributed by atoms with Gasteiger partial charge in [-0.1, -0.05) is 12.2 Å². The van der Waals surface area contributed by atoms with E-state index < -0.39 is 0 Å². The monoisotopic (exact) mass is 393 g/mol. The smallest absolute Gasteiger partial charge is 0.270 e. The Morgan fingerprint density at radius 1 is 1.38 bits per heavy atom. The van der Waals surface area contributed by atoms with Gasteiger partial charge in [-0.2, -0.15) is 0 Å². The van der Waals surface area contributed by atoms with E-state index >= 15 is 0 Å². The first-order valence-electron chi connectivity index (χ1n) is 8.89. The number of fused-ring (bicyclic) bond motifs is 1. The minimum absolute atomic E-state index is 0.00323. The summed E-state index contributed by atoms with van der Waals surface area (Å²) >= 11 is 7.34. The number of carbonyl (C=O) groups is 2. The molecule has 1 saturated heterocycles. The molecule has 1 aliphatic heterocycles. The number of amides is 2. The van der Waals surface area contributed by atoms with Gasteiger partial charge in [0.15, 0.2) is 0 Å². The molecule has 1 fully saturated rings. The molecular weight excluding hydrogens is 370 g/mol. The molecule has 1 atom stereocenters. The highest BCUT2D eigenvalue weighted by Crippen LogP contribution is 2.27. The van der Waals surface area contributed by atoms with Crippen LogP contribution in [0, 0.1) is 0 Å². The quantitative estimate of drug-likeness (QED) is 0.575. The third-order valence-corrected chi connectivity index (χ3v) is 5.93. The SMILES string of the molecule is C/C=C\Cn1c(C(=O)N2CCN(C(=O)CCCl)C(C)C2)cc2ccsc21. The van der Waals surface area contributed by atoms with E-state index in [1.807, 2.05) is 41.9 Å². The molecule has 0 aromatic carbocycles. The third kappa shape index (κ3) is 3.67. The van der Waals surface area contributed by atoms with Gasteiger partial charge in [0.25, 0.3) is 5.91 Å². The topological polar surface area (TPSA) is 45.6 Å². The minimum atomic E-state index is 0.00323. The number of piperazine rings is 1. The van der Waals surface area contributed by atoms with E-state index in [4.69, 9.17) is 11.6 Å². The number of hydrogen-bond donors (Lipinski definition) is 0. The van der Waals surface area contributed by atoms with Crippen molar-refractivity contribution in [3.05, 3.63) is 35.4 Å². The zero-order valence-corrected chi connectivity index (χ0v) is 16.7. The second-order valence-electron chi connectivity index (χ2n) is 6.52. The Hall–Kier alpha value is -1.79. The van der Waals surface area contributed by atoms with Gasteiger partial charge in [-0.05, 0) is 31.4 Å². The zero-order valence-electron chi connectivity index (χ0n) is 15.2. The van der Waals surface area contributed by atoms with E-state index in [2.05, 4.69) is 16.0 Å². The number of thiophene rings is 1. The number of halogens is 1. The Bertz CT molecular complexity index is 826. The average molecular weight is 394 g/mol. The van der Waals surface area contributed by atoms with Crippen LogP contribution in [0.2, 0.25) is 0 Å². The molecule has 5 nitrogen and oxygen atoms in total. The van der Waals surface area contributed by atoms with Crippen molar-refractivity contribution >= 4 is 45.0 Å². The molecule has 140 valence electrons. The second-order valence-corrected chi connectivity index (χ2v) is 7.79. The maximum Gasteiger partial charge on any atom is 0.270 e. The van der Waals surface area contributed by atoms with Gasteiger partial charge in [-0.25, -0.2) is 0 Å².